The van der Waals surface area contributed by atoms with E-state index in [1.807, 2.05) is 25.1 Å². The minimum absolute atomic E-state index is 0.00526. The first kappa shape index (κ1) is 14.2. The summed E-state index contributed by atoms with van der Waals surface area (Å²) in [4.78, 5) is 12.1. The Balaban J connectivity index is 2.30. The molecule has 7 heteroatoms. The molecule has 2 aromatic rings. The third-order valence-electron chi connectivity index (χ3n) is 2.33. The first-order chi connectivity index (χ1) is 8.97. The van der Waals surface area contributed by atoms with Crippen LogP contribution in [0.4, 0.5) is 5.69 Å². The van der Waals surface area contributed by atoms with Crippen molar-refractivity contribution in [3.05, 3.63) is 50.2 Å². The Morgan fingerprint density at radius 3 is 2.74 bits per heavy atom. The molecule has 0 unspecified atom stereocenters. The highest BCUT2D eigenvalue weighted by molar-refractivity contribution is 9.10. The second-order valence-electron chi connectivity index (χ2n) is 3.81. The lowest BCUT2D eigenvalue weighted by atomic mass is 10.2. The van der Waals surface area contributed by atoms with Crippen molar-refractivity contribution in [1.82, 2.24) is 10.2 Å². The van der Waals surface area contributed by atoms with Crippen LogP contribution in [0.25, 0.3) is 0 Å². The van der Waals surface area contributed by atoms with E-state index in [1.165, 1.54) is 6.07 Å². The van der Waals surface area contributed by atoms with Crippen LogP contribution in [0.3, 0.4) is 0 Å². The van der Waals surface area contributed by atoms with Crippen LogP contribution in [0.5, 0.6) is 0 Å². The number of benzene rings is 1. The molecule has 1 aromatic carbocycles. The summed E-state index contributed by atoms with van der Waals surface area (Å²) in [5.74, 6) is -0.395. The summed E-state index contributed by atoms with van der Waals surface area (Å²) in [7, 11) is 0. The van der Waals surface area contributed by atoms with Crippen LogP contribution in [0, 0.1) is 6.92 Å². The predicted octanol–water partition coefficient (Wildman–Crippen LogP) is 4.11. The number of carbonyl (C=O) groups excluding carboxylic acids is 1. The Morgan fingerprint density at radius 1 is 1.26 bits per heavy atom. The summed E-state index contributed by atoms with van der Waals surface area (Å²) in [5.41, 5.74) is 1.85. The molecule has 1 amide bonds. The lowest BCUT2D eigenvalue weighted by Gasteiger charge is -2.09. The summed E-state index contributed by atoms with van der Waals surface area (Å²) >= 11 is 14.9. The molecular formula is C12H8BrCl2N3O. The molecule has 1 aromatic heterocycles. The minimum atomic E-state index is -0.395. The Morgan fingerprint density at radius 2 is 2.00 bits per heavy atom. The van der Waals surface area contributed by atoms with Gasteiger partial charge in [0.25, 0.3) is 5.91 Å². The number of anilines is 1. The fourth-order valence-corrected chi connectivity index (χ4v) is 2.11. The lowest BCUT2D eigenvalue weighted by molar-refractivity contribution is 0.102. The second-order valence-corrected chi connectivity index (χ2v) is 5.41. The van der Waals surface area contributed by atoms with Crippen molar-refractivity contribution in [3.63, 3.8) is 0 Å². The Hall–Kier alpha value is -1.17. The molecule has 0 atom stereocenters. The number of hydrogen-bond donors (Lipinski definition) is 1. The van der Waals surface area contributed by atoms with Gasteiger partial charge in [0, 0.05) is 4.47 Å². The van der Waals surface area contributed by atoms with Gasteiger partial charge < -0.3 is 5.32 Å². The zero-order valence-corrected chi connectivity index (χ0v) is 12.8. The zero-order chi connectivity index (χ0) is 14.0. The standard InChI is InChI=1S/C12H8BrCl2N3O/c1-6-2-3-8(13)9(4-6)16-12(19)7-5-10(14)17-18-11(7)15/h2-5H,1H3,(H,16,19). The van der Waals surface area contributed by atoms with Gasteiger partial charge >= 0.3 is 0 Å². The summed E-state index contributed by atoms with van der Waals surface area (Å²) < 4.78 is 0.774. The van der Waals surface area contributed by atoms with Crippen LogP contribution in [0.2, 0.25) is 10.3 Å². The van der Waals surface area contributed by atoms with E-state index in [-0.39, 0.29) is 15.9 Å². The average molecular weight is 361 g/mol. The van der Waals surface area contributed by atoms with Crippen molar-refractivity contribution < 1.29 is 4.79 Å². The molecule has 0 aliphatic heterocycles. The maximum Gasteiger partial charge on any atom is 0.259 e. The number of aryl methyl sites for hydroxylation is 1. The van der Waals surface area contributed by atoms with E-state index >= 15 is 0 Å². The molecule has 1 heterocycles. The van der Waals surface area contributed by atoms with E-state index in [9.17, 15) is 4.79 Å². The van der Waals surface area contributed by atoms with E-state index in [4.69, 9.17) is 23.2 Å². The van der Waals surface area contributed by atoms with Crippen molar-refractivity contribution in [2.45, 2.75) is 6.92 Å². The van der Waals surface area contributed by atoms with Crippen LogP contribution in [0.1, 0.15) is 15.9 Å². The summed E-state index contributed by atoms with van der Waals surface area (Å²) in [6.07, 6.45) is 0. The number of rotatable bonds is 2. The van der Waals surface area contributed by atoms with Crippen LogP contribution >= 0.6 is 39.1 Å². The van der Waals surface area contributed by atoms with Crippen LogP contribution in [-0.2, 0) is 0 Å². The quantitative estimate of drug-likeness (QED) is 0.876. The Bertz CT molecular complexity index is 649. The van der Waals surface area contributed by atoms with E-state index in [0.717, 1.165) is 10.0 Å². The van der Waals surface area contributed by atoms with E-state index < -0.39 is 5.91 Å². The first-order valence-corrected chi connectivity index (χ1v) is 6.78. The van der Waals surface area contributed by atoms with Crippen molar-refractivity contribution in [2.24, 2.45) is 0 Å². The maximum atomic E-state index is 12.1. The topological polar surface area (TPSA) is 54.9 Å². The molecule has 0 radical (unpaired) electrons. The van der Waals surface area contributed by atoms with Crippen LogP contribution in [-0.4, -0.2) is 16.1 Å². The summed E-state index contributed by atoms with van der Waals surface area (Å²) in [6, 6.07) is 6.99. The van der Waals surface area contributed by atoms with Gasteiger partial charge in [-0.2, -0.15) is 0 Å². The van der Waals surface area contributed by atoms with Gasteiger partial charge in [-0.3, -0.25) is 4.79 Å². The largest absolute Gasteiger partial charge is 0.321 e. The van der Waals surface area contributed by atoms with Gasteiger partial charge in [0.1, 0.15) is 0 Å². The molecule has 0 bridgehead atoms. The molecule has 0 aliphatic carbocycles. The number of halogens is 3. The highest BCUT2D eigenvalue weighted by Crippen LogP contribution is 2.25. The Labute approximate surface area is 128 Å². The van der Waals surface area contributed by atoms with Gasteiger partial charge in [-0.1, -0.05) is 29.3 Å². The van der Waals surface area contributed by atoms with Crippen molar-refractivity contribution >= 4 is 50.7 Å². The van der Waals surface area contributed by atoms with Gasteiger partial charge in [0.05, 0.1) is 11.3 Å². The SMILES string of the molecule is Cc1ccc(Br)c(NC(=O)c2cc(Cl)nnc2Cl)c1. The minimum Gasteiger partial charge on any atom is -0.321 e. The maximum absolute atomic E-state index is 12.1. The number of carbonyl (C=O) groups is 1. The predicted molar refractivity (Wildman–Crippen MR) is 78.9 cm³/mol. The van der Waals surface area contributed by atoms with Crippen molar-refractivity contribution in [2.75, 3.05) is 5.32 Å². The molecule has 0 saturated carbocycles. The monoisotopic (exact) mass is 359 g/mol. The van der Waals surface area contributed by atoms with Gasteiger partial charge in [-0.25, -0.2) is 0 Å². The van der Waals surface area contributed by atoms with Gasteiger partial charge in [-0.05, 0) is 46.6 Å². The molecule has 0 spiro atoms. The first-order valence-electron chi connectivity index (χ1n) is 5.23. The number of nitrogens with one attached hydrogen (secondary N) is 1. The third-order valence-corrected chi connectivity index (χ3v) is 3.49. The van der Waals surface area contributed by atoms with Crippen molar-refractivity contribution in [3.8, 4) is 0 Å². The molecule has 98 valence electrons. The fourth-order valence-electron chi connectivity index (χ4n) is 1.44. The highest BCUT2D eigenvalue weighted by Gasteiger charge is 2.14. The molecule has 0 aliphatic rings. The van der Waals surface area contributed by atoms with Gasteiger partial charge in [0.15, 0.2) is 10.3 Å². The molecule has 19 heavy (non-hydrogen) atoms. The molecular weight excluding hydrogens is 353 g/mol. The third kappa shape index (κ3) is 3.43. The zero-order valence-electron chi connectivity index (χ0n) is 9.75. The van der Waals surface area contributed by atoms with Gasteiger partial charge in [0.2, 0.25) is 0 Å². The molecule has 2 rings (SSSR count). The molecule has 1 N–H and O–H groups in total. The molecule has 4 nitrogen and oxygen atoms in total. The lowest BCUT2D eigenvalue weighted by Crippen LogP contribution is -2.14. The summed E-state index contributed by atoms with van der Waals surface area (Å²) in [5, 5.41) is 10.0. The van der Waals surface area contributed by atoms with Crippen LogP contribution in [0.15, 0.2) is 28.7 Å². The fraction of sp³-hybridized carbons (Fsp3) is 0.0833. The molecule has 0 saturated heterocycles. The number of nitrogens with zero attached hydrogens (tertiary/aromatic N) is 2. The van der Waals surface area contributed by atoms with E-state index in [1.54, 1.807) is 0 Å². The highest BCUT2D eigenvalue weighted by atomic mass is 79.9. The normalized spacial score (nSPS) is 10.3. The smallest absolute Gasteiger partial charge is 0.259 e. The van der Waals surface area contributed by atoms with Crippen molar-refractivity contribution in [1.29, 1.82) is 0 Å². The molecule has 0 fully saturated rings. The Kier molecular flexibility index (Phi) is 4.39. The van der Waals surface area contributed by atoms with Gasteiger partial charge in [-0.15, -0.1) is 10.2 Å². The number of amides is 1. The average Bonchev–Trinajstić information content (AvgIpc) is 2.36. The van der Waals surface area contributed by atoms with E-state index in [0.29, 0.717) is 5.69 Å². The number of hydrogen-bond acceptors (Lipinski definition) is 3. The second kappa shape index (κ2) is 5.86. The van der Waals surface area contributed by atoms with Crippen LogP contribution < -0.4 is 5.32 Å². The van der Waals surface area contributed by atoms with E-state index in [2.05, 4.69) is 31.4 Å². The summed E-state index contributed by atoms with van der Waals surface area (Å²) in [6.45, 7) is 1.93. The number of aromatic nitrogens is 2.